The summed E-state index contributed by atoms with van der Waals surface area (Å²) in [5.74, 6) is -0.847. The number of hydrogen-bond acceptors (Lipinski definition) is 3. The van der Waals surface area contributed by atoms with Gasteiger partial charge in [0.05, 0.1) is 12.8 Å². The van der Waals surface area contributed by atoms with Gasteiger partial charge in [-0.05, 0) is 18.2 Å². The minimum absolute atomic E-state index is 0.0189. The molecule has 2 amide bonds. The largest absolute Gasteiger partial charge is 0.495 e. The molecule has 1 unspecified atom stereocenters. The van der Waals surface area contributed by atoms with Gasteiger partial charge in [0, 0.05) is 17.4 Å². The summed E-state index contributed by atoms with van der Waals surface area (Å²) in [5.41, 5.74) is 5.56. The van der Waals surface area contributed by atoms with Crippen molar-refractivity contribution in [3.8, 4) is 5.75 Å². The van der Waals surface area contributed by atoms with Crippen molar-refractivity contribution < 1.29 is 14.3 Å². The first kappa shape index (κ1) is 14.3. The van der Waals surface area contributed by atoms with E-state index in [2.05, 4.69) is 5.32 Å². The van der Waals surface area contributed by atoms with Crippen LogP contribution in [0.3, 0.4) is 0 Å². The van der Waals surface area contributed by atoms with Crippen LogP contribution in [0.1, 0.15) is 13.3 Å². The van der Waals surface area contributed by atoms with Crippen molar-refractivity contribution >= 4 is 29.1 Å². The van der Waals surface area contributed by atoms with E-state index in [9.17, 15) is 9.59 Å². The van der Waals surface area contributed by atoms with Crippen molar-refractivity contribution in [3.05, 3.63) is 23.2 Å². The molecule has 0 aliphatic rings. The Labute approximate surface area is 110 Å². The molecule has 0 aromatic heterocycles. The molecule has 0 radical (unpaired) electrons. The van der Waals surface area contributed by atoms with Gasteiger partial charge in [-0.1, -0.05) is 18.5 Å². The number of benzene rings is 1. The van der Waals surface area contributed by atoms with E-state index in [4.69, 9.17) is 22.1 Å². The Balaban J connectivity index is 2.75. The molecule has 18 heavy (non-hydrogen) atoms. The topological polar surface area (TPSA) is 81.4 Å². The Bertz CT molecular complexity index is 463. The zero-order valence-corrected chi connectivity index (χ0v) is 11.0. The third kappa shape index (κ3) is 3.92. The zero-order valence-electron chi connectivity index (χ0n) is 10.2. The molecule has 0 heterocycles. The lowest BCUT2D eigenvalue weighted by atomic mass is 10.1. The second-order valence-electron chi connectivity index (χ2n) is 3.90. The first-order valence-corrected chi connectivity index (χ1v) is 5.74. The molecular formula is C12H15ClN2O3. The summed E-state index contributed by atoms with van der Waals surface area (Å²) in [6.07, 6.45) is 0.0189. The number of primary amides is 1. The molecule has 0 bridgehead atoms. The smallest absolute Gasteiger partial charge is 0.225 e. The first-order valence-electron chi connectivity index (χ1n) is 5.36. The molecule has 5 nitrogen and oxygen atoms in total. The van der Waals surface area contributed by atoms with Crippen molar-refractivity contribution in [2.45, 2.75) is 13.3 Å². The molecule has 6 heteroatoms. The lowest BCUT2D eigenvalue weighted by Gasteiger charge is -2.12. The van der Waals surface area contributed by atoms with Crippen LogP contribution in [0.5, 0.6) is 5.75 Å². The molecule has 0 aliphatic carbocycles. The van der Waals surface area contributed by atoms with Crippen molar-refractivity contribution in [1.29, 1.82) is 0 Å². The van der Waals surface area contributed by atoms with Crippen LogP contribution in [0.4, 0.5) is 5.69 Å². The summed E-state index contributed by atoms with van der Waals surface area (Å²) < 4.78 is 5.09. The van der Waals surface area contributed by atoms with Gasteiger partial charge in [-0.2, -0.15) is 0 Å². The minimum Gasteiger partial charge on any atom is -0.495 e. The van der Waals surface area contributed by atoms with E-state index in [1.807, 2.05) is 0 Å². The van der Waals surface area contributed by atoms with Gasteiger partial charge in [-0.15, -0.1) is 0 Å². The highest BCUT2D eigenvalue weighted by molar-refractivity contribution is 6.31. The van der Waals surface area contributed by atoms with Gasteiger partial charge in [0.1, 0.15) is 5.75 Å². The standard InChI is InChI=1S/C12H15ClN2O3/c1-7(12(14)17)5-11(16)15-9-6-8(13)3-4-10(9)18-2/h3-4,6-7H,5H2,1-2H3,(H2,14,17)(H,15,16). The lowest BCUT2D eigenvalue weighted by molar-refractivity contribution is -0.125. The zero-order chi connectivity index (χ0) is 13.7. The van der Waals surface area contributed by atoms with E-state index in [0.717, 1.165) is 0 Å². The maximum atomic E-state index is 11.7. The van der Waals surface area contributed by atoms with Crippen LogP contribution in [0.15, 0.2) is 18.2 Å². The van der Waals surface area contributed by atoms with E-state index in [1.54, 1.807) is 25.1 Å². The fourth-order valence-electron chi connectivity index (χ4n) is 1.36. The molecule has 1 rings (SSSR count). The third-order valence-electron chi connectivity index (χ3n) is 2.41. The number of hydrogen-bond donors (Lipinski definition) is 2. The Hall–Kier alpha value is -1.75. The molecule has 1 atom stereocenters. The Morgan fingerprint density at radius 3 is 2.72 bits per heavy atom. The van der Waals surface area contributed by atoms with Gasteiger partial charge in [0.25, 0.3) is 0 Å². The number of halogens is 1. The van der Waals surface area contributed by atoms with Gasteiger partial charge in [0.15, 0.2) is 0 Å². The van der Waals surface area contributed by atoms with E-state index in [-0.39, 0.29) is 12.3 Å². The van der Waals surface area contributed by atoms with Crippen molar-refractivity contribution in [2.75, 3.05) is 12.4 Å². The van der Waals surface area contributed by atoms with Crippen molar-refractivity contribution in [3.63, 3.8) is 0 Å². The van der Waals surface area contributed by atoms with Crippen LogP contribution in [0.2, 0.25) is 5.02 Å². The van der Waals surface area contributed by atoms with Gasteiger partial charge in [0.2, 0.25) is 11.8 Å². The summed E-state index contributed by atoms with van der Waals surface area (Å²) in [4.78, 5) is 22.6. The van der Waals surface area contributed by atoms with Crippen molar-refractivity contribution in [2.24, 2.45) is 11.7 Å². The quantitative estimate of drug-likeness (QED) is 0.856. The van der Waals surface area contributed by atoms with E-state index >= 15 is 0 Å². The molecular weight excluding hydrogens is 256 g/mol. The number of methoxy groups -OCH3 is 1. The monoisotopic (exact) mass is 270 g/mol. The van der Waals surface area contributed by atoms with Crippen LogP contribution in [0, 0.1) is 5.92 Å². The van der Waals surface area contributed by atoms with Crippen LogP contribution < -0.4 is 15.8 Å². The molecule has 0 saturated heterocycles. The van der Waals surface area contributed by atoms with Crippen molar-refractivity contribution in [1.82, 2.24) is 0 Å². The molecule has 0 aliphatic heterocycles. The SMILES string of the molecule is COc1ccc(Cl)cc1NC(=O)CC(C)C(N)=O. The minimum atomic E-state index is -0.518. The summed E-state index contributed by atoms with van der Waals surface area (Å²) in [5, 5.41) is 3.11. The Morgan fingerprint density at radius 2 is 2.17 bits per heavy atom. The maximum absolute atomic E-state index is 11.7. The first-order chi connectivity index (χ1) is 8.43. The lowest BCUT2D eigenvalue weighted by Crippen LogP contribution is -2.25. The van der Waals surface area contributed by atoms with E-state index in [0.29, 0.717) is 16.5 Å². The fourth-order valence-corrected chi connectivity index (χ4v) is 1.53. The Morgan fingerprint density at radius 1 is 1.50 bits per heavy atom. The number of carbonyl (C=O) groups excluding carboxylic acids is 2. The number of rotatable bonds is 5. The van der Waals surface area contributed by atoms with Gasteiger partial charge < -0.3 is 15.8 Å². The highest BCUT2D eigenvalue weighted by atomic mass is 35.5. The third-order valence-corrected chi connectivity index (χ3v) is 2.65. The second kappa shape index (κ2) is 6.26. The number of anilines is 1. The number of nitrogens with two attached hydrogens (primary N) is 1. The summed E-state index contributed by atoms with van der Waals surface area (Å²) in [6.45, 7) is 1.59. The molecule has 3 N–H and O–H groups in total. The van der Waals surface area contributed by atoms with Crippen LogP contribution in [0.25, 0.3) is 0 Å². The summed E-state index contributed by atoms with van der Waals surface area (Å²) >= 11 is 5.83. The summed E-state index contributed by atoms with van der Waals surface area (Å²) in [6, 6.07) is 4.88. The Kier molecular flexibility index (Phi) is 4.97. The molecule has 0 fully saturated rings. The average molecular weight is 271 g/mol. The van der Waals surface area contributed by atoms with Crippen LogP contribution in [-0.2, 0) is 9.59 Å². The van der Waals surface area contributed by atoms with Crippen LogP contribution >= 0.6 is 11.6 Å². The number of amides is 2. The normalized spacial score (nSPS) is 11.7. The molecule has 0 saturated carbocycles. The van der Waals surface area contributed by atoms with E-state index < -0.39 is 11.8 Å². The maximum Gasteiger partial charge on any atom is 0.225 e. The molecule has 98 valence electrons. The second-order valence-corrected chi connectivity index (χ2v) is 4.34. The van der Waals surface area contributed by atoms with Crippen LogP contribution in [-0.4, -0.2) is 18.9 Å². The highest BCUT2D eigenvalue weighted by Gasteiger charge is 2.15. The predicted octanol–water partition coefficient (Wildman–Crippen LogP) is 1.80. The molecule has 0 spiro atoms. The van der Waals surface area contributed by atoms with Gasteiger partial charge in [-0.3, -0.25) is 9.59 Å². The molecule has 1 aromatic carbocycles. The average Bonchev–Trinajstić information content (AvgIpc) is 2.28. The predicted molar refractivity (Wildman–Crippen MR) is 69.6 cm³/mol. The number of carbonyl (C=O) groups is 2. The fraction of sp³-hybridized carbons (Fsp3) is 0.333. The van der Waals surface area contributed by atoms with Gasteiger partial charge in [-0.25, -0.2) is 0 Å². The number of ether oxygens (including phenoxy) is 1. The molecule has 1 aromatic rings. The summed E-state index contributed by atoms with van der Waals surface area (Å²) in [7, 11) is 1.49. The van der Waals surface area contributed by atoms with Gasteiger partial charge >= 0.3 is 0 Å². The highest BCUT2D eigenvalue weighted by Crippen LogP contribution is 2.27. The number of nitrogens with one attached hydrogen (secondary N) is 1. The van der Waals surface area contributed by atoms with E-state index in [1.165, 1.54) is 7.11 Å².